The first kappa shape index (κ1) is 24.0. The average Bonchev–Trinajstić information content (AvgIpc) is 2.92. The quantitative estimate of drug-likeness (QED) is 0.489. The minimum Gasteiger partial charge on any atom is -0.493 e. The number of rotatable bonds is 6. The largest absolute Gasteiger partial charge is 0.493 e. The highest BCUT2D eigenvalue weighted by atomic mass is 19.1. The van der Waals surface area contributed by atoms with E-state index in [4.69, 9.17) is 9.47 Å². The van der Waals surface area contributed by atoms with Crippen molar-refractivity contribution in [2.24, 2.45) is 0 Å². The maximum atomic E-state index is 14.5. The summed E-state index contributed by atoms with van der Waals surface area (Å²) in [6.07, 6.45) is 1.92. The number of benzene rings is 3. The third-order valence-corrected chi connectivity index (χ3v) is 7.30. The molecule has 36 heavy (non-hydrogen) atoms. The lowest BCUT2D eigenvalue weighted by atomic mass is 9.89. The molecule has 2 heterocycles. The van der Waals surface area contributed by atoms with Gasteiger partial charge in [0.25, 0.3) is 0 Å². The number of aldehydes is 1. The molecule has 1 unspecified atom stereocenters. The second kappa shape index (κ2) is 10.1. The molecule has 0 saturated carbocycles. The molecule has 0 aromatic heterocycles. The molecule has 0 spiro atoms. The highest BCUT2D eigenvalue weighted by molar-refractivity contribution is 5.86. The predicted molar refractivity (Wildman–Crippen MR) is 133 cm³/mol. The molecule has 6 nitrogen and oxygen atoms in total. The molecule has 7 heteroatoms. The highest BCUT2D eigenvalue weighted by Crippen LogP contribution is 2.38. The molecular weight excluding hydrogens is 459 g/mol. The first-order chi connectivity index (χ1) is 17.5. The molecule has 0 radical (unpaired) electrons. The van der Waals surface area contributed by atoms with Gasteiger partial charge in [-0.25, -0.2) is 4.39 Å². The van der Waals surface area contributed by atoms with Gasteiger partial charge in [0.2, 0.25) is 5.91 Å². The third kappa shape index (κ3) is 4.35. The van der Waals surface area contributed by atoms with Crippen molar-refractivity contribution in [3.05, 3.63) is 94.3 Å². The van der Waals surface area contributed by atoms with Gasteiger partial charge in [0.1, 0.15) is 18.1 Å². The van der Waals surface area contributed by atoms with Gasteiger partial charge in [0, 0.05) is 25.2 Å². The molecule has 1 amide bonds. The van der Waals surface area contributed by atoms with Crippen molar-refractivity contribution in [3.8, 4) is 11.5 Å². The Kier molecular flexibility index (Phi) is 6.74. The van der Waals surface area contributed by atoms with Crippen molar-refractivity contribution in [3.63, 3.8) is 0 Å². The van der Waals surface area contributed by atoms with Crippen LogP contribution in [0.4, 0.5) is 4.39 Å². The zero-order valence-electron chi connectivity index (χ0n) is 20.4. The molecule has 3 aromatic rings. The minimum atomic E-state index is -0.728. The van der Waals surface area contributed by atoms with Crippen LogP contribution in [0.5, 0.6) is 11.5 Å². The van der Waals surface area contributed by atoms with Crippen LogP contribution in [0, 0.1) is 5.82 Å². The molecule has 2 atom stereocenters. The van der Waals surface area contributed by atoms with Crippen LogP contribution in [0.15, 0.2) is 60.7 Å². The molecule has 2 aliphatic rings. The minimum absolute atomic E-state index is 0.127. The molecular formula is C29H29FN2O4. The lowest BCUT2D eigenvalue weighted by molar-refractivity contribution is -0.143. The lowest BCUT2D eigenvalue weighted by Crippen LogP contribution is -2.53. The molecule has 0 aliphatic carbocycles. The van der Waals surface area contributed by atoms with Crippen molar-refractivity contribution < 1.29 is 23.5 Å². The molecule has 0 saturated heterocycles. The van der Waals surface area contributed by atoms with E-state index < -0.39 is 12.1 Å². The Balaban J connectivity index is 1.49. The summed E-state index contributed by atoms with van der Waals surface area (Å²) in [6.45, 7) is 1.25. The number of methoxy groups -OCH3 is 2. The van der Waals surface area contributed by atoms with Gasteiger partial charge in [0.05, 0.1) is 20.3 Å². The molecule has 0 bridgehead atoms. The van der Waals surface area contributed by atoms with Crippen LogP contribution in [-0.4, -0.2) is 48.8 Å². The number of hydrogen-bond acceptors (Lipinski definition) is 5. The highest BCUT2D eigenvalue weighted by Gasteiger charge is 2.39. The lowest BCUT2D eigenvalue weighted by Gasteiger charge is -2.42. The fourth-order valence-corrected chi connectivity index (χ4v) is 5.39. The van der Waals surface area contributed by atoms with Crippen LogP contribution in [0.1, 0.15) is 33.9 Å². The Morgan fingerprint density at radius 2 is 1.69 bits per heavy atom. The number of halogens is 1. The van der Waals surface area contributed by atoms with Crippen LogP contribution in [0.25, 0.3) is 0 Å². The van der Waals surface area contributed by atoms with E-state index in [1.54, 1.807) is 43.4 Å². The van der Waals surface area contributed by atoms with Gasteiger partial charge in [-0.3, -0.25) is 9.69 Å². The van der Waals surface area contributed by atoms with Gasteiger partial charge in [-0.2, -0.15) is 0 Å². The maximum absolute atomic E-state index is 14.5. The first-order valence-corrected chi connectivity index (χ1v) is 12.1. The van der Waals surface area contributed by atoms with E-state index in [1.165, 1.54) is 6.07 Å². The third-order valence-electron chi connectivity index (χ3n) is 7.30. The summed E-state index contributed by atoms with van der Waals surface area (Å²) < 4.78 is 25.4. The van der Waals surface area contributed by atoms with Crippen molar-refractivity contribution >= 4 is 12.2 Å². The van der Waals surface area contributed by atoms with Crippen LogP contribution >= 0.6 is 0 Å². The van der Waals surface area contributed by atoms with Crippen molar-refractivity contribution in [2.45, 2.75) is 38.0 Å². The van der Waals surface area contributed by atoms with E-state index in [0.717, 1.165) is 28.5 Å². The monoisotopic (exact) mass is 488 g/mol. The summed E-state index contributed by atoms with van der Waals surface area (Å²) in [4.78, 5) is 30.1. The van der Waals surface area contributed by atoms with Gasteiger partial charge in [0.15, 0.2) is 11.5 Å². The number of amides is 1. The summed E-state index contributed by atoms with van der Waals surface area (Å²) in [5.41, 5.74) is 4.49. The van der Waals surface area contributed by atoms with E-state index in [1.807, 2.05) is 29.2 Å². The zero-order valence-corrected chi connectivity index (χ0v) is 20.4. The van der Waals surface area contributed by atoms with Crippen LogP contribution in [0.3, 0.4) is 0 Å². The van der Waals surface area contributed by atoms with E-state index in [-0.39, 0.29) is 11.7 Å². The summed E-state index contributed by atoms with van der Waals surface area (Å²) in [5.74, 6) is 0.699. The zero-order chi connectivity index (χ0) is 25.2. The van der Waals surface area contributed by atoms with Crippen molar-refractivity contribution in [2.75, 3.05) is 20.8 Å². The van der Waals surface area contributed by atoms with E-state index in [0.29, 0.717) is 49.5 Å². The molecule has 2 aliphatic heterocycles. The van der Waals surface area contributed by atoms with E-state index in [2.05, 4.69) is 6.07 Å². The van der Waals surface area contributed by atoms with Gasteiger partial charge in [-0.15, -0.1) is 0 Å². The molecule has 5 rings (SSSR count). The van der Waals surface area contributed by atoms with Gasteiger partial charge < -0.3 is 19.2 Å². The molecule has 3 aromatic carbocycles. The second-order valence-electron chi connectivity index (χ2n) is 9.25. The Morgan fingerprint density at radius 1 is 1.00 bits per heavy atom. The fraction of sp³-hybridized carbons (Fsp3) is 0.310. The number of carbonyl (C=O) groups is 2. The summed E-state index contributed by atoms with van der Waals surface area (Å²) in [7, 11) is 3.12. The standard InChI is InChI=1S/C29H29FN2O4/c1-35-27-14-20-11-12-32(26(18-33)23(20)15-28(27)36-2)29(34)25-13-19-7-3-4-8-21(19)16-31(25)17-22-9-5-6-10-24(22)30/h3-10,14-15,18,25-26H,11-13,16-17H2,1-2H3/t25-,26?/m0/s1. The molecule has 0 N–H and O–H groups in total. The number of fused-ring (bicyclic) bond motifs is 2. The molecule has 186 valence electrons. The summed E-state index contributed by atoms with van der Waals surface area (Å²) >= 11 is 0. The van der Waals surface area contributed by atoms with E-state index in [9.17, 15) is 14.0 Å². The number of carbonyl (C=O) groups excluding carboxylic acids is 2. The first-order valence-electron chi connectivity index (χ1n) is 12.1. The number of hydrogen-bond donors (Lipinski definition) is 0. The van der Waals surface area contributed by atoms with Crippen LogP contribution in [-0.2, 0) is 35.5 Å². The van der Waals surface area contributed by atoms with E-state index >= 15 is 0 Å². The van der Waals surface area contributed by atoms with Gasteiger partial charge in [-0.1, -0.05) is 42.5 Å². The Hall–Kier alpha value is -3.71. The van der Waals surface area contributed by atoms with Crippen LogP contribution in [0.2, 0.25) is 0 Å². The molecule has 0 fully saturated rings. The maximum Gasteiger partial charge on any atom is 0.241 e. The topological polar surface area (TPSA) is 59.1 Å². The number of ether oxygens (including phenoxy) is 2. The fourth-order valence-electron chi connectivity index (χ4n) is 5.39. The Morgan fingerprint density at radius 3 is 2.42 bits per heavy atom. The van der Waals surface area contributed by atoms with Gasteiger partial charge in [-0.05, 0) is 53.3 Å². The summed E-state index contributed by atoms with van der Waals surface area (Å²) in [5, 5.41) is 0. The smallest absolute Gasteiger partial charge is 0.241 e. The second-order valence-corrected chi connectivity index (χ2v) is 9.25. The predicted octanol–water partition coefficient (Wildman–Crippen LogP) is 4.09. The normalized spacial score (nSPS) is 19.2. The van der Waals surface area contributed by atoms with Crippen LogP contribution < -0.4 is 9.47 Å². The van der Waals surface area contributed by atoms with Crippen molar-refractivity contribution in [1.29, 1.82) is 0 Å². The Bertz CT molecular complexity index is 1290. The van der Waals surface area contributed by atoms with Crippen molar-refractivity contribution in [1.82, 2.24) is 9.80 Å². The Labute approximate surface area is 210 Å². The average molecular weight is 489 g/mol. The summed E-state index contributed by atoms with van der Waals surface area (Å²) in [6, 6.07) is 17.1. The van der Waals surface area contributed by atoms with Gasteiger partial charge >= 0.3 is 0 Å². The number of nitrogens with zero attached hydrogens (tertiary/aromatic N) is 2. The SMILES string of the molecule is COc1cc2c(cc1OC)C(C=O)N(C(=O)[C@@H]1Cc3ccccc3CN1Cc1ccccc1F)CC2.